The molecular weight excluding hydrogens is 330 g/mol. The number of nitrogens with zero attached hydrogens (tertiary/aromatic N) is 2. The maximum absolute atomic E-state index is 12.6. The van der Waals surface area contributed by atoms with Gasteiger partial charge >= 0.3 is 6.09 Å². The van der Waals surface area contributed by atoms with Gasteiger partial charge in [0.1, 0.15) is 18.7 Å². The highest BCUT2D eigenvalue weighted by atomic mass is 16.6. The van der Waals surface area contributed by atoms with Crippen LogP contribution in [-0.4, -0.2) is 27.2 Å². The molecule has 3 rings (SSSR count). The molecule has 3 aromatic rings. The number of aromatic amines is 1. The number of rotatable bonds is 7. The van der Waals surface area contributed by atoms with Crippen molar-refractivity contribution < 1.29 is 14.3 Å². The third-order valence-electron chi connectivity index (χ3n) is 3.85. The standard InChI is InChI=1S/C20H19N3O3/c24-14-17-8-6-16(7-9-17)12-23(13-19-21-10-11-22-19)20(25)26-15-18-4-2-1-3-5-18/h1-11,14H,12-13,15H2,(H,21,22). The van der Waals surface area contributed by atoms with Crippen molar-refractivity contribution >= 4 is 12.4 Å². The van der Waals surface area contributed by atoms with Gasteiger partial charge in [-0.25, -0.2) is 9.78 Å². The zero-order valence-electron chi connectivity index (χ0n) is 14.2. The number of ether oxygens (including phenoxy) is 1. The highest BCUT2D eigenvalue weighted by Gasteiger charge is 2.17. The van der Waals surface area contributed by atoms with Crippen LogP contribution in [0.15, 0.2) is 67.0 Å². The van der Waals surface area contributed by atoms with E-state index in [1.807, 2.05) is 42.5 Å². The van der Waals surface area contributed by atoms with Crippen LogP contribution in [0.25, 0.3) is 0 Å². The highest BCUT2D eigenvalue weighted by molar-refractivity contribution is 5.74. The molecule has 0 aliphatic heterocycles. The minimum Gasteiger partial charge on any atom is -0.445 e. The quantitative estimate of drug-likeness (QED) is 0.662. The molecule has 1 amide bonds. The number of carbonyl (C=O) groups is 2. The number of imidazole rings is 1. The summed E-state index contributed by atoms with van der Waals surface area (Å²) in [5.74, 6) is 0.672. The molecule has 0 aliphatic carbocycles. The largest absolute Gasteiger partial charge is 0.445 e. The topological polar surface area (TPSA) is 75.3 Å². The lowest BCUT2D eigenvalue weighted by Gasteiger charge is -2.21. The molecule has 26 heavy (non-hydrogen) atoms. The molecule has 0 saturated carbocycles. The number of aromatic nitrogens is 2. The Hall–Kier alpha value is -3.41. The molecule has 6 nitrogen and oxygen atoms in total. The minimum atomic E-state index is -0.426. The van der Waals surface area contributed by atoms with Gasteiger partial charge in [-0.15, -0.1) is 0 Å². The van der Waals surface area contributed by atoms with E-state index in [-0.39, 0.29) is 6.61 Å². The number of H-pyrrole nitrogens is 1. The van der Waals surface area contributed by atoms with Gasteiger partial charge in [-0.05, 0) is 11.1 Å². The predicted molar refractivity (Wildman–Crippen MR) is 96.3 cm³/mol. The molecule has 132 valence electrons. The Balaban J connectivity index is 1.69. The number of benzene rings is 2. The average Bonchev–Trinajstić information content (AvgIpc) is 3.20. The van der Waals surface area contributed by atoms with E-state index in [0.29, 0.717) is 24.5 Å². The number of aldehydes is 1. The number of amides is 1. The molecule has 1 N–H and O–H groups in total. The van der Waals surface area contributed by atoms with Gasteiger partial charge in [0.05, 0.1) is 6.54 Å². The number of nitrogens with one attached hydrogen (secondary N) is 1. The average molecular weight is 349 g/mol. The maximum atomic E-state index is 12.6. The second-order valence-electron chi connectivity index (χ2n) is 5.79. The molecule has 0 radical (unpaired) electrons. The summed E-state index contributed by atoms with van der Waals surface area (Å²) in [5, 5.41) is 0. The first-order valence-electron chi connectivity index (χ1n) is 8.22. The fraction of sp³-hybridized carbons (Fsp3) is 0.150. The van der Waals surface area contributed by atoms with Crippen molar-refractivity contribution in [1.82, 2.24) is 14.9 Å². The predicted octanol–water partition coefficient (Wildman–Crippen LogP) is 3.56. The van der Waals surface area contributed by atoms with Crippen LogP contribution in [0.3, 0.4) is 0 Å². The van der Waals surface area contributed by atoms with E-state index >= 15 is 0 Å². The van der Waals surface area contributed by atoms with Crippen LogP contribution in [0.4, 0.5) is 4.79 Å². The summed E-state index contributed by atoms with van der Waals surface area (Å²) in [4.78, 5) is 32.1. The first-order valence-corrected chi connectivity index (χ1v) is 8.22. The molecule has 0 fully saturated rings. The van der Waals surface area contributed by atoms with E-state index in [4.69, 9.17) is 4.74 Å². The fourth-order valence-electron chi connectivity index (χ4n) is 2.48. The van der Waals surface area contributed by atoms with Crippen molar-refractivity contribution in [3.63, 3.8) is 0 Å². The number of hydrogen-bond acceptors (Lipinski definition) is 4. The summed E-state index contributed by atoms with van der Waals surface area (Å²) in [6.45, 7) is 0.863. The van der Waals surface area contributed by atoms with E-state index in [9.17, 15) is 9.59 Å². The van der Waals surface area contributed by atoms with Crippen molar-refractivity contribution in [2.24, 2.45) is 0 Å². The summed E-state index contributed by atoms with van der Waals surface area (Å²) in [6.07, 6.45) is 3.71. The lowest BCUT2D eigenvalue weighted by molar-refractivity contribution is 0.0901. The Morgan fingerprint density at radius 1 is 1.04 bits per heavy atom. The van der Waals surface area contributed by atoms with Crippen molar-refractivity contribution in [2.75, 3.05) is 0 Å². The lowest BCUT2D eigenvalue weighted by Crippen LogP contribution is -2.31. The summed E-state index contributed by atoms with van der Waals surface area (Å²) >= 11 is 0. The third kappa shape index (κ3) is 4.80. The van der Waals surface area contributed by atoms with Crippen molar-refractivity contribution in [1.29, 1.82) is 0 Å². The van der Waals surface area contributed by atoms with Crippen molar-refractivity contribution in [3.8, 4) is 0 Å². The van der Waals surface area contributed by atoms with Crippen LogP contribution < -0.4 is 0 Å². The van der Waals surface area contributed by atoms with Crippen LogP contribution in [0, 0.1) is 0 Å². The highest BCUT2D eigenvalue weighted by Crippen LogP contribution is 2.12. The normalized spacial score (nSPS) is 10.3. The van der Waals surface area contributed by atoms with Gasteiger partial charge in [0, 0.05) is 24.5 Å². The zero-order chi connectivity index (χ0) is 18.2. The van der Waals surface area contributed by atoms with Crippen LogP contribution in [0.5, 0.6) is 0 Å². The summed E-state index contributed by atoms with van der Waals surface area (Å²) < 4.78 is 5.45. The summed E-state index contributed by atoms with van der Waals surface area (Å²) in [5.41, 5.74) is 2.42. The van der Waals surface area contributed by atoms with Gasteiger partial charge < -0.3 is 9.72 Å². The minimum absolute atomic E-state index is 0.207. The summed E-state index contributed by atoms with van der Waals surface area (Å²) in [6, 6.07) is 16.6. The van der Waals surface area contributed by atoms with Gasteiger partial charge in [0.2, 0.25) is 0 Å². The Morgan fingerprint density at radius 3 is 2.46 bits per heavy atom. The molecule has 1 heterocycles. The molecule has 0 aliphatic rings. The molecule has 0 bridgehead atoms. The molecule has 6 heteroatoms. The second kappa shape index (κ2) is 8.62. The van der Waals surface area contributed by atoms with Gasteiger partial charge in [0.15, 0.2) is 0 Å². The molecule has 0 atom stereocenters. The van der Waals surface area contributed by atoms with Crippen LogP contribution >= 0.6 is 0 Å². The van der Waals surface area contributed by atoms with Crippen LogP contribution in [0.2, 0.25) is 0 Å². The van der Waals surface area contributed by atoms with Crippen molar-refractivity contribution in [2.45, 2.75) is 19.7 Å². The number of hydrogen-bond donors (Lipinski definition) is 1. The Bertz CT molecular complexity index is 831. The Kier molecular flexibility index (Phi) is 5.77. The van der Waals surface area contributed by atoms with E-state index in [0.717, 1.165) is 17.4 Å². The number of carbonyl (C=O) groups excluding carboxylic acids is 2. The van der Waals surface area contributed by atoms with Crippen molar-refractivity contribution in [3.05, 3.63) is 89.5 Å². The zero-order valence-corrected chi connectivity index (χ0v) is 14.2. The molecule has 0 saturated heterocycles. The molecule has 1 aromatic heterocycles. The second-order valence-corrected chi connectivity index (χ2v) is 5.79. The fourth-order valence-corrected chi connectivity index (χ4v) is 2.48. The maximum Gasteiger partial charge on any atom is 0.410 e. The first kappa shape index (κ1) is 17.4. The SMILES string of the molecule is O=Cc1ccc(CN(Cc2ncc[nH]2)C(=O)OCc2ccccc2)cc1. The Morgan fingerprint density at radius 2 is 1.81 bits per heavy atom. The molecular formula is C20H19N3O3. The third-order valence-corrected chi connectivity index (χ3v) is 3.85. The van der Waals surface area contributed by atoms with Gasteiger partial charge in [-0.2, -0.15) is 0 Å². The molecule has 2 aromatic carbocycles. The lowest BCUT2D eigenvalue weighted by atomic mass is 10.1. The Labute approximate surface area is 151 Å². The van der Waals surface area contributed by atoms with Crippen LogP contribution in [0.1, 0.15) is 27.3 Å². The molecule has 0 spiro atoms. The van der Waals surface area contributed by atoms with Gasteiger partial charge in [0.25, 0.3) is 0 Å². The van der Waals surface area contributed by atoms with E-state index in [1.54, 1.807) is 29.4 Å². The van der Waals surface area contributed by atoms with Gasteiger partial charge in [-0.3, -0.25) is 9.69 Å². The van der Waals surface area contributed by atoms with E-state index in [1.165, 1.54) is 0 Å². The summed E-state index contributed by atoms with van der Waals surface area (Å²) in [7, 11) is 0. The van der Waals surface area contributed by atoms with Crippen LogP contribution in [-0.2, 0) is 24.4 Å². The van der Waals surface area contributed by atoms with E-state index in [2.05, 4.69) is 9.97 Å². The monoisotopic (exact) mass is 349 g/mol. The first-order chi connectivity index (χ1) is 12.7. The molecule has 0 unspecified atom stereocenters. The van der Waals surface area contributed by atoms with Gasteiger partial charge in [-0.1, -0.05) is 54.6 Å². The van der Waals surface area contributed by atoms with E-state index < -0.39 is 6.09 Å². The smallest absolute Gasteiger partial charge is 0.410 e.